The molecule has 0 saturated carbocycles. The zero-order chi connectivity index (χ0) is 11.7. The third kappa shape index (κ3) is 1.92. The molecule has 0 bridgehead atoms. The van der Waals surface area contributed by atoms with Crippen molar-refractivity contribution >= 4 is 17.3 Å². The molecule has 82 valence electrons. The van der Waals surface area contributed by atoms with E-state index in [-0.39, 0.29) is 5.56 Å². The van der Waals surface area contributed by atoms with E-state index in [0.29, 0.717) is 10.6 Å². The summed E-state index contributed by atoms with van der Waals surface area (Å²) in [6.45, 7) is 1.79. The van der Waals surface area contributed by atoms with Crippen LogP contribution in [0.3, 0.4) is 0 Å². The Morgan fingerprint density at radius 2 is 2.19 bits per heavy atom. The molecule has 0 spiro atoms. The molecule has 6 heteroatoms. The van der Waals surface area contributed by atoms with Crippen LogP contribution in [0.5, 0.6) is 0 Å². The standard InChI is InChI=1S/C10H7FN2O2S/c1-5-12-13-9(16-5)6-2-3-7(10(14)15)8(11)4-6/h2-4H,1H3,(H,14,15). The number of hydrogen-bond acceptors (Lipinski definition) is 4. The summed E-state index contributed by atoms with van der Waals surface area (Å²) in [5, 5.41) is 17.7. The predicted molar refractivity (Wildman–Crippen MR) is 57.0 cm³/mol. The van der Waals surface area contributed by atoms with Gasteiger partial charge in [0.15, 0.2) is 0 Å². The van der Waals surface area contributed by atoms with Gasteiger partial charge >= 0.3 is 5.97 Å². The first-order valence-corrected chi connectivity index (χ1v) is 5.23. The van der Waals surface area contributed by atoms with Gasteiger partial charge in [0, 0.05) is 5.56 Å². The van der Waals surface area contributed by atoms with Gasteiger partial charge in [0.25, 0.3) is 0 Å². The summed E-state index contributed by atoms with van der Waals surface area (Å²) in [6.07, 6.45) is 0. The highest BCUT2D eigenvalue weighted by molar-refractivity contribution is 7.14. The largest absolute Gasteiger partial charge is 0.478 e. The zero-order valence-corrected chi connectivity index (χ0v) is 9.08. The maximum Gasteiger partial charge on any atom is 0.338 e. The Labute approximate surface area is 94.4 Å². The van der Waals surface area contributed by atoms with Gasteiger partial charge in [-0.15, -0.1) is 10.2 Å². The van der Waals surface area contributed by atoms with Gasteiger partial charge in [-0.1, -0.05) is 17.4 Å². The van der Waals surface area contributed by atoms with Crippen molar-refractivity contribution in [1.29, 1.82) is 0 Å². The second-order valence-corrected chi connectivity index (χ2v) is 4.31. The maximum absolute atomic E-state index is 13.4. The van der Waals surface area contributed by atoms with Gasteiger partial charge in [0.2, 0.25) is 0 Å². The van der Waals surface area contributed by atoms with Gasteiger partial charge in [-0.3, -0.25) is 0 Å². The minimum absolute atomic E-state index is 0.343. The highest BCUT2D eigenvalue weighted by Crippen LogP contribution is 2.24. The number of carboxylic acids is 1. The molecule has 2 aromatic rings. The Morgan fingerprint density at radius 1 is 1.44 bits per heavy atom. The minimum atomic E-state index is -1.28. The summed E-state index contributed by atoms with van der Waals surface area (Å²) in [7, 11) is 0. The van der Waals surface area contributed by atoms with Crippen LogP contribution in [-0.4, -0.2) is 21.3 Å². The highest BCUT2D eigenvalue weighted by Gasteiger charge is 2.12. The lowest BCUT2D eigenvalue weighted by Gasteiger charge is -1.99. The van der Waals surface area contributed by atoms with Crippen molar-refractivity contribution in [2.24, 2.45) is 0 Å². The van der Waals surface area contributed by atoms with Crippen molar-refractivity contribution in [1.82, 2.24) is 10.2 Å². The number of halogens is 1. The zero-order valence-electron chi connectivity index (χ0n) is 8.27. The van der Waals surface area contributed by atoms with Crippen molar-refractivity contribution in [3.8, 4) is 10.6 Å². The number of aromatic nitrogens is 2. The summed E-state index contributed by atoms with van der Waals surface area (Å²) >= 11 is 1.33. The van der Waals surface area contributed by atoms with Crippen molar-refractivity contribution in [3.05, 3.63) is 34.6 Å². The molecule has 0 aliphatic heterocycles. The molecule has 16 heavy (non-hydrogen) atoms. The normalized spacial score (nSPS) is 10.4. The molecule has 4 nitrogen and oxygen atoms in total. The molecular formula is C10H7FN2O2S. The number of rotatable bonds is 2. The highest BCUT2D eigenvalue weighted by atomic mass is 32.1. The van der Waals surface area contributed by atoms with Crippen LogP contribution in [0.15, 0.2) is 18.2 Å². The first-order valence-electron chi connectivity index (χ1n) is 4.41. The van der Waals surface area contributed by atoms with Gasteiger partial charge in [-0.2, -0.15) is 0 Å². The van der Waals surface area contributed by atoms with Crippen LogP contribution in [0.1, 0.15) is 15.4 Å². The van der Waals surface area contributed by atoms with Gasteiger partial charge < -0.3 is 5.11 Å². The van der Waals surface area contributed by atoms with Crippen molar-refractivity contribution in [3.63, 3.8) is 0 Å². The Morgan fingerprint density at radius 3 is 2.69 bits per heavy atom. The van der Waals surface area contributed by atoms with Crippen molar-refractivity contribution in [2.45, 2.75) is 6.92 Å². The maximum atomic E-state index is 13.4. The molecule has 1 N–H and O–H groups in total. The van der Waals surface area contributed by atoms with Crippen LogP contribution in [0.25, 0.3) is 10.6 Å². The molecule has 1 aromatic carbocycles. The lowest BCUT2D eigenvalue weighted by molar-refractivity contribution is 0.0692. The quantitative estimate of drug-likeness (QED) is 0.872. The van der Waals surface area contributed by atoms with E-state index < -0.39 is 11.8 Å². The predicted octanol–water partition coefficient (Wildman–Crippen LogP) is 2.35. The van der Waals surface area contributed by atoms with Crippen molar-refractivity contribution < 1.29 is 14.3 Å². The number of aromatic carboxylic acids is 1. The third-order valence-electron chi connectivity index (χ3n) is 1.97. The number of carbonyl (C=O) groups is 1. The smallest absolute Gasteiger partial charge is 0.338 e. The second kappa shape index (κ2) is 3.97. The lowest BCUT2D eigenvalue weighted by Crippen LogP contribution is -2.00. The van der Waals surface area contributed by atoms with E-state index in [2.05, 4.69) is 10.2 Å². The average Bonchev–Trinajstić information content (AvgIpc) is 2.64. The van der Waals surface area contributed by atoms with E-state index in [1.807, 2.05) is 0 Å². The van der Waals surface area contributed by atoms with Crippen LogP contribution in [0, 0.1) is 12.7 Å². The number of nitrogens with zero attached hydrogens (tertiary/aromatic N) is 2. The topological polar surface area (TPSA) is 63.1 Å². The van der Waals surface area contributed by atoms with E-state index in [9.17, 15) is 9.18 Å². The molecule has 0 amide bonds. The third-order valence-corrected chi connectivity index (χ3v) is 2.86. The molecule has 0 aliphatic rings. The van der Waals surface area contributed by atoms with Crippen LogP contribution < -0.4 is 0 Å². The lowest BCUT2D eigenvalue weighted by atomic mass is 10.1. The van der Waals surface area contributed by atoms with E-state index in [4.69, 9.17) is 5.11 Å². The van der Waals surface area contributed by atoms with Gasteiger partial charge in [-0.05, 0) is 19.1 Å². The molecule has 0 aliphatic carbocycles. The molecule has 1 aromatic heterocycles. The number of benzene rings is 1. The van der Waals surface area contributed by atoms with Gasteiger partial charge in [-0.25, -0.2) is 9.18 Å². The average molecular weight is 238 g/mol. The summed E-state index contributed by atoms with van der Waals surface area (Å²) in [5.74, 6) is -2.05. The van der Waals surface area contributed by atoms with Crippen LogP contribution in [0.2, 0.25) is 0 Å². The van der Waals surface area contributed by atoms with Crippen LogP contribution in [0.4, 0.5) is 4.39 Å². The fraction of sp³-hybridized carbons (Fsp3) is 0.100. The molecule has 0 radical (unpaired) electrons. The van der Waals surface area contributed by atoms with E-state index in [1.165, 1.54) is 23.5 Å². The summed E-state index contributed by atoms with van der Waals surface area (Å²) in [4.78, 5) is 10.6. The number of hydrogen-bond donors (Lipinski definition) is 1. The first kappa shape index (κ1) is 10.7. The second-order valence-electron chi connectivity index (χ2n) is 3.13. The molecular weight excluding hydrogens is 231 g/mol. The Balaban J connectivity index is 2.45. The van der Waals surface area contributed by atoms with Gasteiger partial charge in [0.05, 0.1) is 5.56 Å². The Bertz CT molecular complexity index is 554. The van der Waals surface area contributed by atoms with Crippen LogP contribution >= 0.6 is 11.3 Å². The summed E-state index contributed by atoms with van der Waals surface area (Å²) in [5.41, 5.74) is 0.193. The minimum Gasteiger partial charge on any atom is -0.478 e. The molecule has 1 heterocycles. The molecule has 2 rings (SSSR count). The first-order chi connectivity index (χ1) is 7.58. The SMILES string of the molecule is Cc1nnc(-c2ccc(C(=O)O)c(F)c2)s1. The van der Waals surface area contributed by atoms with Crippen molar-refractivity contribution in [2.75, 3.05) is 0 Å². The Kier molecular flexibility index (Phi) is 2.66. The van der Waals surface area contributed by atoms with Crippen LogP contribution in [-0.2, 0) is 0 Å². The Hall–Kier alpha value is -1.82. The number of aryl methyl sites for hydroxylation is 1. The van der Waals surface area contributed by atoms with E-state index in [0.717, 1.165) is 11.1 Å². The molecule has 0 saturated heterocycles. The summed E-state index contributed by atoms with van der Waals surface area (Å²) < 4.78 is 13.4. The van der Waals surface area contributed by atoms with E-state index in [1.54, 1.807) is 6.92 Å². The fourth-order valence-electron chi connectivity index (χ4n) is 1.23. The monoisotopic (exact) mass is 238 g/mol. The molecule has 0 atom stereocenters. The molecule has 0 fully saturated rings. The van der Waals surface area contributed by atoms with E-state index >= 15 is 0 Å². The molecule has 0 unspecified atom stereocenters. The number of carboxylic acid groups (broad SMARTS) is 1. The fourth-order valence-corrected chi connectivity index (χ4v) is 1.92. The van der Waals surface area contributed by atoms with Gasteiger partial charge in [0.1, 0.15) is 15.8 Å². The summed E-state index contributed by atoms with van der Waals surface area (Å²) in [6, 6.07) is 3.90.